The van der Waals surface area contributed by atoms with Crippen LogP contribution in [0.15, 0.2) is 30.7 Å². The molecule has 0 aliphatic carbocycles. The van der Waals surface area contributed by atoms with E-state index in [1.807, 2.05) is 29.2 Å². The predicted molar refractivity (Wildman–Crippen MR) is 65.1 cm³/mol. The lowest BCUT2D eigenvalue weighted by atomic mass is 10.1. The van der Waals surface area contributed by atoms with E-state index >= 15 is 0 Å². The summed E-state index contributed by atoms with van der Waals surface area (Å²) in [6.45, 7) is 2.85. The first-order valence-corrected chi connectivity index (χ1v) is 5.92. The third-order valence-corrected chi connectivity index (χ3v) is 3.10. The van der Waals surface area contributed by atoms with Gasteiger partial charge in [-0.1, -0.05) is 0 Å². The van der Waals surface area contributed by atoms with Crippen LogP contribution in [0.3, 0.4) is 0 Å². The molecule has 0 spiro atoms. The van der Waals surface area contributed by atoms with Crippen LogP contribution in [-0.4, -0.2) is 44.8 Å². The Morgan fingerprint density at radius 3 is 3.00 bits per heavy atom. The first-order valence-electron chi connectivity index (χ1n) is 5.92. The Morgan fingerprint density at radius 2 is 2.28 bits per heavy atom. The van der Waals surface area contributed by atoms with Crippen LogP contribution in [0.2, 0.25) is 0 Å². The Morgan fingerprint density at radius 1 is 1.39 bits per heavy atom. The summed E-state index contributed by atoms with van der Waals surface area (Å²) < 4.78 is 7.02. The molecule has 1 saturated heterocycles. The fraction of sp³-hybridized carbons (Fsp3) is 0.417. The minimum absolute atomic E-state index is 0.427. The fourth-order valence-corrected chi connectivity index (χ4v) is 2.13. The second-order valence-electron chi connectivity index (χ2n) is 4.37. The third-order valence-electron chi connectivity index (χ3n) is 3.10. The molecule has 0 aromatic carbocycles. The zero-order chi connectivity index (χ0) is 12.4. The van der Waals surface area contributed by atoms with E-state index < -0.39 is 0 Å². The largest absolute Gasteiger partial charge is 0.467 e. The summed E-state index contributed by atoms with van der Waals surface area (Å²) >= 11 is 0. The van der Waals surface area contributed by atoms with Crippen molar-refractivity contribution in [3.8, 4) is 6.01 Å². The molecule has 0 atom stereocenters. The number of rotatable bonds is 4. The summed E-state index contributed by atoms with van der Waals surface area (Å²) in [5, 5.41) is 4.25. The first-order chi connectivity index (χ1) is 8.85. The highest BCUT2D eigenvalue weighted by Gasteiger charge is 2.28. The second kappa shape index (κ2) is 4.73. The van der Waals surface area contributed by atoms with E-state index in [0.717, 1.165) is 25.3 Å². The second-order valence-corrected chi connectivity index (χ2v) is 4.37. The van der Waals surface area contributed by atoms with Crippen molar-refractivity contribution in [2.45, 2.75) is 12.6 Å². The van der Waals surface area contributed by atoms with Crippen molar-refractivity contribution in [2.75, 3.05) is 20.2 Å². The molecule has 1 fully saturated rings. The van der Waals surface area contributed by atoms with Gasteiger partial charge in [0.25, 0.3) is 0 Å². The van der Waals surface area contributed by atoms with Crippen molar-refractivity contribution in [1.29, 1.82) is 0 Å². The minimum atomic E-state index is 0.427. The molecule has 18 heavy (non-hydrogen) atoms. The lowest BCUT2D eigenvalue weighted by Gasteiger charge is -2.38. The van der Waals surface area contributed by atoms with Gasteiger partial charge in [-0.15, -0.1) is 0 Å². The van der Waals surface area contributed by atoms with Gasteiger partial charge in [0.15, 0.2) is 0 Å². The maximum Gasteiger partial charge on any atom is 0.316 e. The van der Waals surface area contributed by atoms with Gasteiger partial charge in [-0.2, -0.15) is 10.1 Å². The molecular formula is C12H15N5O. The molecule has 1 aliphatic rings. The highest BCUT2D eigenvalue weighted by molar-refractivity contribution is 5.06. The van der Waals surface area contributed by atoms with Gasteiger partial charge in [-0.25, -0.2) is 4.98 Å². The summed E-state index contributed by atoms with van der Waals surface area (Å²) in [4.78, 5) is 10.6. The minimum Gasteiger partial charge on any atom is -0.467 e. The van der Waals surface area contributed by atoms with Crippen molar-refractivity contribution >= 4 is 0 Å². The Balaban J connectivity index is 1.56. The van der Waals surface area contributed by atoms with Crippen LogP contribution in [0.4, 0.5) is 0 Å². The molecule has 0 N–H and O–H groups in total. The van der Waals surface area contributed by atoms with E-state index in [-0.39, 0.29) is 0 Å². The highest BCUT2D eigenvalue weighted by Crippen LogP contribution is 2.21. The highest BCUT2D eigenvalue weighted by atomic mass is 16.5. The Hall–Kier alpha value is -1.95. The average molecular weight is 245 g/mol. The summed E-state index contributed by atoms with van der Waals surface area (Å²) in [5.41, 5.74) is 0.987. The lowest BCUT2D eigenvalue weighted by molar-refractivity contribution is 0.0893. The topological polar surface area (TPSA) is 56.1 Å². The van der Waals surface area contributed by atoms with Crippen LogP contribution in [0.1, 0.15) is 11.7 Å². The molecule has 0 radical (unpaired) electrons. The molecule has 3 rings (SSSR count). The molecule has 0 unspecified atom stereocenters. The molecule has 3 heterocycles. The zero-order valence-electron chi connectivity index (χ0n) is 10.2. The van der Waals surface area contributed by atoms with Crippen molar-refractivity contribution in [1.82, 2.24) is 24.6 Å². The van der Waals surface area contributed by atoms with Crippen molar-refractivity contribution in [2.24, 2.45) is 0 Å². The zero-order valence-corrected chi connectivity index (χ0v) is 10.2. The van der Waals surface area contributed by atoms with Gasteiger partial charge in [0.1, 0.15) is 0 Å². The van der Waals surface area contributed by atoms with Crippen molar-refractivity contribution in [3.63, 3.8) is 0 Å². The molecule has 2 aromatic rings. The van der Waals surface area contributed by atoms with Gasteiger partial charge in [-0.3, -0.25) is 9.58 Å². The number of ether oxygens (including phenoxy) is 1. The van der Waals surface area contributed by atoms with Crippen LogP contribution in [-0.2, 0) is 6.54 Å². The molecule has 2 aromatic heterocycles. The van der Waals surface area contributed by atoms with Gasteiger partial charge in [0, 0.05) is 38.2 Å². The van der Waals surface area contributed by atoms with Crippen LogP contribution >= 0.6 is 0 Å². The Labute approximate surface area is 105 Å². The smallest absolute Gasteiger partial charge is 0.316 e. The average Bonchev–Trinajstić information content (AvgIpc) is 2.87. The SMILES string of the molecule is COc1nccc(CN2CC(n3cccn3)C2)n1. The predicted octanol–water partition coefficient (Wildman–Crippen LogP) is 0.739. The van der Waals surface area contributed by atoms with Gasteiger partial charge in [0.2, 0.25) is 0 Å². The summed E-state index contributed by atoms with van der Waals surface area (Å²) in [5.74, 6) is 0. The van der Waals surface area contributed by atoms with Crippen LogP contribution in [0.5, 0.6) is 6.01 Å². The molecular weight excluding hydrogens is 230 g/mol. The first kappa shape index (κ1) is 11.2. The van der Waals surface area contributed by atoms with Crippen LogP contribution < -0.4 is 4.74 Å². The number of hydrogen-bond donors (Lipinski definition) is 0. The summed E-state index contributed by atoms with van der Waals surface area (Å²) in [6, 6.07) is 4.79. The quantitative estimate of drug-likeness (QED) is 0.795. The fourth-order valence-electron chi connectivity index (χ4n) is 2.13. The van der Waals surface area contributed by atoms with E-state index in [9.17, 15) is 0 Å². The van der Waals surface area contributed by atoms with E-state index in [4.69, 9.17) is 4.74 Å². The van der Waals surface area contributed by atoms with Crippen molar-refractivity contribution < 1.29 is 4.74 Å². The van der Waals surface area contributed by atoms with E-state index in [0.29, 0.717) is 12.1 Å². The van der Waals surface area contributed by atoms with Gasteiger partial charge >= 0.3 is 6.01 Å². The Kier molecular flexibility index (Phi) is 2.93. The normalized spacial score (nSPS) is 16.5. The van der Waals surface area contributed by atoms with Gasteiger partial charge < -0.3 is 4.74 Å². The summed E-state index contributed by atoms with van der Waals surface area (Å²) in [7, 11) is 1.58. The molecule has 94 valence electrons. The van der Waals surface area contributed by atoms with Crippen molar-refractivity contribution in [3.05, 3.63) is 36.4 Å². The number of hydrogen-bond acceptors (Lipinski definition) is 5. The van der Waals surface area contributed by atoms with E-state index in [1.165, 1.54) is 0 Å². The molecule has 0 bridgehead atoms. The summed E-state index contributed by atoms with van der Waals surface area (Å²) in [6.07, 6.45) is 5.56. The number of likely N-dealkylation sites (tertiary alicyclic amines) is 1. The standard InChI is InChI=1S/C12H15N5O/c1-18-12-13-5-3-10(15-12)7-16-8-11(9-16)17-6-2-4-14-17/h2-6,11H,7-9H2,1H3. The van der Waals surface area contributed by atoms with Crippen LogP contribution in [0.25, 0.3) is 0 Å². The van der Waals surface area contributed by atoms with E-state index in [2.05, 4.69) is 20.0 Å². The third kappa shape index (κ3) is 2.19. The van der Waals surface area contributed by atoms with Gasteiger partial charge in [0.05, 0.1) is 18.8 Å². The number of methoxy groups -OCH3 is 1. The molecule has 6 nitrogen and oxygen atoms in total. The Bertz CT molecular complexity index is 507. The monoisotopic (exact) mass is 245 g/mol. The number of nitrogens with zero attached hydrogens (tertiary/aromatic N) is 5. The van der Waals surface area contributed by atoms with E-state index in [1.54, 1.807) is 13.3 Å². The molecule has 1 aliphatic heterocycles. The maximum absolute atomic E-state index is 5.01. The molecule has 0 saturated carbocycles. The lowest BCUT2D eigenvalue weighted by Crippen LogP contribution is -2.47. The van der Waals surface area contributed by atoms with Crippen LogP contribution in [0, 0.1) is 0 Å². The number of aromatic nitrogens is 4. The molecule has 0 amide bonds. The maximum atomic E-state index is 5.01. The van der Waals surface area contributed by atoms with Gasteiger partial charge in [-0.05, 0) is 12.1 Å². The molecule has 6 heteroatoms.